The van der Waals surface area contributed by atoms with Crippen LogP contribution in [0.5, 0.6) is 0 Å². The van der Waals surface area contributed by atoms with Crippen LogP contribution in [-0.4, -0.2) is 50.9 Å². The van der Waals surface area contributed by atoms with Gasteiger partial charge in [-0.1, -0.05) is 5.16 Å². The number of nitrogens with one attached hydrogen (secondary N) is 1. The Morgan fingerprint density at radius 3 is 2.81 bits per heavy atom. The number of aromatic amines is 1. The summed E-state index contributed by atoms with van der Waals surface area (Å²) in [5, 5.41) is 10.5. The minimum absolute atomic E-state index is 0.129. The van der Waals surface area contributed by atoms with E-state index in [1.165, 1.54) is 0 Å². The van der Waals surface area contributed by atoms with E-state index in [1.807, 2.05) is 0 Å². The van der Waals surface area contributed by atoms with E-state index in [0.29, 0.717) is 42.9 Å². The molecule has 1 aromatic carbocycles. The maximum absolute atomic E-state index is 13.0. The predicted octanol–water partition coefficient (Wildman–Crippen LogP) is 2.30. The fraction of sp³-hybridized carbons (Fsp3) is 0.312. The first-order valence-corrected chi connectivity index (χ1v) is 8.37. The fourth-order valence-electron chi connectivity index (χ4n) is 2.79. The van der Waals surface area contributed by atoms with Crippen molar-refractivity contribution >= 4 is 18.1 Å². The smallest absolute Gasteiger partial charge is 0.284 e. The third-order valence-corrected chi connectivity index (χ3v) is 4.22. The van der Waals surface area contributed by atoms with E-state index in [1.54, 1.807) is 36.1 Å². The van der Waals surface area contributed by atoms with Crippen LogP contribution in [0, 0.1) is 11.8 Å². The Morgan fingerprint density at radius 1 is 1.35 bits per heavy atom. The first-order valence-electron chi connectivity index (χ1n) is 7.96. The number of morpholine rings is 1. The summed E-state index contributed by atoms with van der Waals surface area (Å²) in [5.41, 5.74) is 1.26. The monoisotopic (exact) mass is 373 g/mol. The second-order valence-electron chi connectivity index (χ2n) is 5.76. The largest absolute Gasteiger partial charge is 0.409 e. The van der Waals surface area contributed by atoms with Gasteiger partial charge in [-0.3, -0.25) is 4.79 Å². The molecule has 0 spiro atoms. The van der Waals surface area contributed by atoms with E-state index in [2.05, 4.69) is 20.3 Å². The summed E-state index contributed by atoms with van der Waals surface area (Å²) in [6.07, 6.45) is 0. The van der Waals surface area contributed by atoms with Crippen LogP contribution < -0.4 is 0 Å². The van der Waals surface area contributed by atoms with Crippen molar-refractivity contribution in [1.82, 2.24) is 25.2 Å². The van der Waals surface area contributed by atoms with Crippen LogP contribution in [0.4, 0.5) is 0 Å². The normalized spacial score (nSPS) is 17.4. The number of H-pyrrole nitrogens is 1. The number of amides is 1. The maximum Gasteiger partial charge on any atom is 0.284 e. The summed E-state index contributed by atoms with van der Waals surface area (Å²) in [6, 6.07) is 6.58. The topological polar surface area (TPSA) is 110 Å². The molecule has 1 atom stereocenters. The number of hydrogen-bond donors (Lipinski definition) is 1. The molecule has 26 heavy (non-hydrogen) atoms. The highest BCUT2D eigenvalue weighted by Crippen LogP contribution is 2.25. The number of ether oxygens (including phenoxy) is 1. The number of aryl methyl sites for hydroxylation is 1. The Hall–Kier alpha value is -2.85. The van der Waals surface area contributed by atoms with Crippen molar-refractivity contribution < 1.29 is 18.5 Å². The quantitative estimate of drug-likeness (QED) is 0.696. The van der Waals surface area contributed by atoms with E-state index in [4.69, 9.17) is 25.9 Å². The lowest BCUT2D eigenvalue weighted by Crippen LogP contribution is -2.43. The highest BCUT2D eigenvalue weighted by Gasteiger charge is 2.32. The lowest BCUT2D eigenvalue weighted by molar-refractivity contribution is -0.00576. The van der Waals surface area contributed by atoms with Crippen molar-refractivity contribution in [2.75, 3.05) is 19.8 Å². The number of nitrogens with zero attached hydrogens (tertiary/aromatic N) is 4. The highest BCUT2D eigenvalue weighted by atomic mass is 32.1. The van der Waals surface area contributed by atoms with Crippen LogP contribution in [0.15, 0.2) is 33.2 Å². The number of benzene rings is 1. The third kappa shape index (κ3) is 3.16. The molecule has 0 radical (unpaired) electrons. The van der Waals surface area contributed by atoms with Gasteiger partial charge in [-0.25, -0.2) is 5.10 Å². The molecule has 1 amide bonds. The third-order valence-electron chi connectivity index (χ3n) is 4.05. The Morgan fingerprint density at radius 2 is 2.15 bits per heavy atom. The standard InChI is InChI=1S/C16H15N5O4S/c1-9-17-13(20-25-9)12-8-23-7-6-21(12)15(22)11-4-2-10(3-5-11)14-18-19-16(26)24-14/h2-5,12H,6-8H2,1H3,(H,19,26). The summed E-state index contributed by atoms with van der Waals surface area (Å²) >= 11 is 4.87. The van der Waals surface area contributed by atoms with Crippen molar-refractivity contribution in [3.8, 4) is 11.5 Å². The Kier molecular flexibility index (Phi) is 4.35. The molecule has 9 nitrogen and oxygen atoms in total. The minimum atomic E-state index is -0.377. The van der Waals surface area contributed by atoms with Crippen molar-refractivity contribution in [2.24, 2.45) is 0 Å². The fourth-order valence-corrected chi connectivity index (χ4v) is 2.91. The van der Waals surface area contributed by atoms with Crippen LogP contribution >= 0.6 is 12.2 Å². The van der Waals surface area contributed by atoms with Gasteiger partial charge in [0.25, 0.3) is 10.7 Å². The zero-order valence-corrected chi connectivity index (χ0v) is 14.7. The molecule has 10 heteroatoms. The Bertz CT molecular complexity index is 977. The molecule has 1 aliphatic rings. The number of rotatable bonds is 3. The average molecular weight is 373 g/mol. The van der Waals surface area contributed by atoms with Gasteiger partial charge < -0.3 is 18.6 Å². The van der Waals surface area contributed by atoms with Crippen molar-refractivity contribution in [2.45, 2.75) is 13.0 Å². The van der Waals surface area contributed by atoms with Crippen LogP contribution in [0.1, 0.15) is 28.1 Å². The molecular formula is C16H15N5O4S. The van der Waals surface area contributed by atoms with Crippen LogP contribution in [-0.2, 0) is 4.74 Å². The zero-order chi connectivity index (χ0) is 18.1. The number of aromatic nitrogens is 4. The lowest BCUT2D eigenvalue weighted by atomic mass is 10.1. The van der Waals surface area contributed by atoms with E-state index in [-0.39, 0.29) is 16.8 Å². The second kappa shape index (κ2) is 6.81. The molecular weight excluding hydrogens is 358 g/mol. The molecule has 2 aromatic heterocycles. The highest BCUT2D eigenvalue weighted by molar-refractivity contribution is 7.71. The van der Waals surface area contributed by atoms with Crippen molar-refractivity contribution in [1.29, 1.82) is 0 Å². The van der Waals surface area contributed by atoms with Crippen molar-refractivity contribution in [3.05, 3.63) is 46.4 Å². The molecule has 1 saturated heterocycles. The van der Waals surface area contributed by atoms with Gasteiger partial charge in [-0.2, -0.15) is 4.98 Å². The van der Waals surface area contributed by atoms with Gasteiger partial charge in [0.1, 0.15) is 6.04 Å². The first-order chi connectivity index (χ1) is 12.6. The lowest BCUT2D eigenvalue weighted by Gasteiger charge is -2.33. The molecule has 134 valence electrons. The summed E-state index contributed by atoms with van der Waals surface area (Å²) in [5.74, 6) is 1.14. The van der Waals surface area contributed by atoms with Gasteiger partial charge in [0.15, 0.2) is 5.82 Å². The Balaban J connectivity index is 1.58. The van der Waals surface area contributed by atoms with Crippen molar-refractivity contribution in [3.63, 3.8) is 0 Å². The Labute approximate surface area is 153 Å². The maximum atomic E-state index is 13.0. The molecule has 0 saturated carbocycles. The number of carbonyl (C=O) groups is 1. The molecule has 0 aliphatic carbocycles. The molecule has 0 bridgehead atoms. The number of carbonyl (C=O) groups excluding carboxylic acids is 1. The molecule has 4 rings (SSSR count). The van der Waals surface area contributed by atoms with Gasteiger partial charge >= 0.3 is 0 Å². The van der Waals surface area contributed by atoms with Crippen LogP contribution in [0.3, 0.4) is 0 Å². The molecule has 3 aromatic rings. The molecule has 3 heterocycles. The SMILES string of the molecule is Cc1nc(C2COCCN2C(=O)c2ccc(-c3n[nH]c(=S)o3)cc2)no1. The summed E-state index contributed by atoms with van der Waals surface area (Å²) in [7, 11) is 0. The molecule has 1 aliphatic heterocycles. The van der Waals surface area contributed by atoms with Gasteiger partial charge in [-0.05, 0) is 36.5 Å². The predicted molar refractivity (Wildman–Crippen MR) is 90.8 cm³/mol. The van der Waals surface area contributed by atoms with E-state index in [9.17, 15) is 4.79 Å². The molecule has 1 N–H and O–H groups in total. The number of hydrogen-bond acceptors (Lipinski definition) is 8. The summed E-state index contributed by atoms with van der Waals surface area (Å²) in [4.78, 5) is 19.1. The van der Waals surface area contributed by atoms with Gasteiger partial charge in [0, 0.05) is 24.6 Å². The van der Waals surface area contributed by atoms with E-state index >= 15 is 0 Å². The summed E-state index contributed by atoms with van der Waals surface area (Å²) < 4.78 is 15.8. The van der Waals surface area contributed by atoms with Gasteiger partial charge in [0.2, 0.25) is 11.8 Å². The molecule has 1 fully saturated rings. The van der Waals surface area contributed by atoms with Crippen LogP contribution in [0.2, 0.25) is 0 Å². The van der Waals surface area contributed by atoms with E-state index < -0.39 is 0 Å². The molecule has 1 unspecified atom stereocenters. The van der Waals surface area contributed by atoms with E-state index in [0.717, 1.165) is 5.56 Å². The summed E-state index contributed by atoms with van der Waals surface area (Å²) in [6.45, 7) is 2.95. The average Bonchev–Trinajstić information content (AvgIpc) is 3.30. The minimum Gasteiger partial charge on any atom is -0.409 e. The van der Waals surface area contributed by atoms with Crippen LogP contribution in [0.25, 0.3) is 11.5 Å². The second-order valence-corrected chi connectivity index (χ2v) is 6.13. The zero-order valence-electron chi connectivity index (χ0n) is 13.8. The van der Waals surface area contributed by atoms with Gasteiger partial charge in [-0.15, -0.1) is 5.10 Å². The first kappa shape index (κ1) is 16.6. The van der Waals surface area contributed by atoms with Gasteiger partial charge in [0.05, 0.1) is 13.2 Å².